The molecule has 0 saturated carbocycles. The van der Waals surface area contributed by atoms with E-state index in [1.165, 1.54) is 0 Å². The van der Waals surface area contributed by atoms with E-state index in [0.717, 1.165) is 11.1 Å². The Morgan fingerprint density at radius 2 is 1.54 bits per heavy atom. The Morgan fingerprint density at radius 1 is 0.929 bits per heavy atom. The highest BCUT2D eigenvalue weighted by molar-refractivity contribution is 6.32. The Morgan fingerprint density at radius 3 is 2.11 bits per heavy atom. The molecule has 2 N–H and O–H groups in total. The molecule has 28 heavy (non-hydrogen) atoms. The first kappa shape index (κ1) is 19.9. The van der Waals surface area contributed by atoms with Crippen molar-refractivity contribution in [3.05, 3.63) is 95.0 Å². The quantitative estimate of drug-likeness (QED) is 0.565. The van der Waals surface area contributed by atoms with Gasteiger partial charge in [0, 0.05) is 11.7 Å². The lowest BCUT2D eigenvalue weighted by molar-refractivity contribution is -0.118. The van der Waals surface area contributed by atoms with Crippen molar-refractivity contribution in [2.75, 3.05) is 12.4 Å². The normalized spacial score (nSPS) is 12.8. The summed E-state index contributed by atoms with van der Waals surface area (Å²) >= 11 is 6.18. The summed E-state index contributed by atoms with van der Waals surface area (Å²) in [5, 5.41) is 6.83. The van der Waals surface area contributed by atoms with Crippen LogP contribution in [0, 0.1) is 0 Å². The topological polar surface area (TPSA) is 50.4 Å². The summed E-state index contributed by atoms with van der Waals surface area (Å²) < 4.78 is 5.17. The number of carbonyl (C=O) groups excluding carboxylic acids is 1. The van der Waals surface area contributed by atoms with Crippen molar-refractivity contribution in [3.63, 3.8) is 0 Å². The number of hydrogen-bond donors (Lipinski definition) is 2. The molecule has 2 atom stereocenters. The summed E-state index contributed by atoms with van der Waals surface area (Å²) in [5.41, 5.74) is 2.62. The Bertz CT molecular complexity index is 916. The largest absolute Gasteiger partial charge is 0.495 e. The zero-order valence-electron chi connectivity index (χ0n) is 15.9. The molecule has 0 aromatic heterocycles. The molecule has 0 aliphatic rings. The van der Waals surface area contributed by atoms with Crippen LogP contribution >= 0.6 is 11.6 Å². The first-order valence-corrected chi connectivity index (χ1v) is 9.46. The van der Waals surface area contributed by atoms with Gasteiger partial charge in [-0.3, -0.25) is 10.1 Å². The average molecular weight is 395 g/mol. The van der Waals surface area contributed by atoms with E-state index in [-0.39, 0.29) is 11.9 Å². The second-order valence-corrected chi connectivity index (χ2v) is 6.89. The van der Waals surface area contributed by atoms with E-state index >= 15 is 0 Å². The molecule has 0 aliphatic carbocycles. The maximum absolute atomic E-state index is 13.1. The molecule has 0 radical (unpaired) electrons. The molecule has 3 rings (SSSR count). The summed E-state index contributed by atoms with van der Waals surface area (Å²) in [6.45, 7) is 2.04. The standard InChI is InChI=1S/C23H23ClN2O2/c1-16(17-9-5-3-6-10-17)25-22(18-11-7-4-8-12-18)23(27)26-19-13-14-21(28-2)20(24)15-19/h3-16,22,25H,1-2H3,(H,26,27)/t16-,22+/m1/s1. The summed E-state index contributed by atoms with van der Waals surface area (Å²) in [7, 11) is 1.56. The fourth-order valence-electron chi connectivity index (χ4n) is 3.02. The van der Waals surface area contributed by atoms with Crippen LogP contribution in [0.2, 0.25) is 5.02 Å². The van der Waals surface area contributed by atoms with Gasteiger partial charge in [-0.25, -0.2) is 0 Å². The van der Waals surface area contributed by atoms with Crippen LogP contribution in [0.3, 0.4) is 0 Å². The third-order valence-electron chi connectivity index (χ3n) is 4.53. The van der Waals surface area contributed by atoms with Gasteiger partial charge in [-0.2, -0.15) is 0 Å². The van der Waals surface area contributed by atoms with E-state index in [2.05, 4.69) is 10.6 Å². The predicted molar refractivity (Wildman–Crippen MR) is 114 cm³/mol. The predicted octanol–water partition coefficient (Wildman–Crippen LogP) is 5.38. The maximum Gasteiger partial charge on any atom is 0.246 e. The highest BCUT2D eigenvalue weighted by atomic mass is 35.5. The van der Waals surface area contributed by atoms with Crippen LogP contribution in [0.25, 0.3) is 0 Å². The number of carbonyl (C=O) groups is 1. The lowest BCUT2D eigenvalue weighted by atomic mass is 10.0. The highest BCUT2D eigenvalue weighted by Crippen LogP contribution is 2.28. The number of anilines is 1. The number of benzene rings is 3. The van der Waals surface area contributed by atoms with Gasteiger partial charge in [0.05, 0.1) is 12.1 Å². The van der Waals surface area contributed by atoms with Gasteiger partial charge in [0.15, 0.2) is 0 Å². The van der Waals surface area contributed by atoms with Crippen molar-refractivity contribution in [2.45, 2.75) is 19.0 Å². The summed E-state index contributed by atoms with van der Waals surface area (Å²) in [6, 6.07) is 24.4. The highest BCUT2D eigenvalue weighted by Gasteiger charge is 2.23. The van der Waals surface area contributed by atoms with Gasteiger partial charge >= 0.3 is 0 Å². The Balaban J connectivity index is 1.82. The monoisotopic (exact) mass is 394 g/mol. The number of nitrogens with one attached hydrogen (secondary N) is 2. The van der Waals surface area contributed by atoms with E-state index in [1.54, 1.807) is 25.3 Å². The molecule has 144 valence electrons. The molecular weight excluding hydrogens is 372 g/mol. The molecule has 5 heteroatoms. The Hall–Kier alpha value is -2.82. The lowest BCUT2D eigenvalue weighted by Gasteiger charge is -2.24. The van der Waals surface area contributed by atoms with Crippen molar-refractivity contribution in [1.82, 2.24) is 5.32 Å². The fourth-order valence-corrected chi connectivity index (χ4v) is 3.27. The summed E-state index contributed by atoms with van der Waals surface area (Å²) in [4.78, 5) is 13.1. The number of hydrogen-bond acceptors (Lipinski definition) is 3. The second kappa shape index (κ2) is 9.40. The number of methoxy groups -OCH3 is 1. The Labute approximate surface area is 170 Å². The van der Waals surface area contributed by atoms with Gasteiger partial charge in [-0.05, 0) is 36.2 Å². The summed E-state index contributed by atoms with van der Waals surface area (Å²) in [6.07, 6.45) is 0. The molecule has 3 aromatic rings. The van der Waals surface area contributed by atoms with Crippen LogP contribution in [0.15, 0.2) is 78.9 Å². The fraction of sp³-hybridized carbons (Fsp3) is 0.174. The third-order valence-corrected chi connectivity index (χ3v) is 4.83. The van der Waals surface area contributed by atoms with E-state index < -0.39 is 6.04 Å². The third kappa shape index (κ3) is 4.91. The van der Waals surface area contributed by atoms with E-state index in [0.29, 0.717) is 16.5 Å². The zero-order valence-corrected chi connectivity index (χ0v) is 16.6. The van der Waals surface area contributed by atoms with Crippen molar-refractivity contribution < 1.29 is 9.53 Å². The SMILES string of the molecule is COc1ccc(NC(=O)[C@@H](N[C@H](C)c2ccccc2)c2ccccc2)cc1Cl. The van der Waals surface area contributed by atoms with Gasteiger partial charge in [-0.1, -0.05) is 72.3 Å². The molecule has 0 fully saturated rings. The van der Waals surface area contributed by atoms with Gasteiger partial charge in [0.25, 0.3) is 0 Å². The van der Waals surface area contributed by atoms with Gasteiger partial charge < -0.3 is 10.1 Å². The van der Waals surface area contributed by atoms with Crippen molar-refractivity contribution in [1.29, 1.82) is 0 Å². The minimum atomic E-state index is -0.516. The van der Waals surface area contributed by atoms with Crippen molar-refractivity contribution in [3.8, 4) is 5.75 Å². The molecular formula is C23H23ClN2O2. The van der Waals surface area contributed by atoms with Crippen LogP contribution in [-0.2, 0) is 4.79 Å². The molecule has 3 aromatic carbocycles. The number of rotatable bonds is 7. The minimum Gasteiger partial charge on any atom is -0.495 e. The molecule has 0 heterocycles. The van der Waals surface area contributed by atoms with E-state index in [1.807, 2.05) is 67.6 Å². The van der Waals surface area contributed by atoms with Crippen LogP contribution < -0.4 is 15.4 Å². The molecule has 0 aliphatic heterocycles. The van der Waals surface area contributed by atoms with Gasteiger partial charge in [-0.15, -0.1) is 0 Å². The molecule has 0 saturated heterocycles. The second-order valence-electron chi connectivity index (χ2n) is 6.48. The number of amides is 1. The number of ether oxygens (including phenoxy) is 1. The molecule has 0 spiro atoms. The average Bonchev–Trinajstić information content (AvgIpc) is 2.73. The van der Waals surface area contributed by atoms with Crippen LogP contribution in [-0.4, -0.2) is 13.0 Å². The molecule has 0 unspecified atom stereocenters. The number of halogens is 1. The smallest absolute Gasteiger partial charge is 0.246 e. The first-order chi connectivity index (χ1) is 13.6. The van der Waals surface area contributed by atoms with Crippen LogP contribution in [0.1, 0.15) is 30.1 Å². The van der Waals surface area contributed by atoms with E-state index in [9.17, 15) is 4.79 Å². The maximum atomic E-state index is 13.1. The zero-order chi connectivity index (χ0) is 19.9. The lowest BCUT2D eigenvalue weighted by Crippen LogP contribution is -2.34. The van der Waals surface area contributed by atoms with Crippen molar-refractivity contribution >= 4 is 23.2 Å². The minimum absolute atomic E-state index is 0.00314. The molecule has 0 bridgehead atoms. The molecule has 1 amide bonds. The Kier molecular flexibility index (Phi) is 6.69. The van der Waals surface area contributed by atoms with Crippen LogP contribution in [0.5, 0.6) is 5.75 Å². The van der Waals surface area contributed by atoms with Gasteiger partial charge in [0.2, 0.25) is 5.91 Å². The summed E-state index contributed by atoms with van der Waals surface area (Å²) in [5.74, 6) is 0.408. The van der Waals surface area contributed by atoms with E-state index in [4.69, 9.17) is 16.3 Å². The van der Waals surface area contributed by atoms with Gasteiger partial charge in [0.1, 0.15) is 11.8 Å². The van der Waals surface area contributed by atoms with Crippen molar-refractivity contribution in [2.24, 2.45) is 0 Å². The molecule has 4 nitrogen and oxygen atoms in total. The first-order valence-electron chi connectivity index (χ1n) is 9.09. The van der Waals surface area contributed by atoms with Crippen LogP contribution in [0.4, 0.5) is 5.69 Å².